The van der Waals surface area contributed by atoms with Gasteiger partial charge in [0.05, 0.1) is 15.7 Å². The summed E-state index contributed by atoms with van der Waals surface area (Å²) in [6.45, 7) is 5.37. The van der Waals surface area contributed by atoms with Gasteiger partial charge in [-0.25, -0.2) is 28.1 Å². The fourth-order valence-electron chi connectivity index (χ4n) is 2.74. The molecular formula is C21H20N6O3S2. The molecule has 0 spiro atoms. The van der Waals surface area contributed by atoms with E-state index in [1.165, 1.54) is 48.4 Å². The molecule has 1 amide bonds. The highest BCUT2D eigenvalue weighted by molar-refractivity contribution is 8.00. The summed E-state index contributed by atoms with van der Waals surface area (Å²) in [5, 5.41) is 12.1. The van der Waals surface area contributed by atoms with Gasteiger partial charge in [-0.1, -0.05) is 11.8 Å². The number of benzene rings is 1. The van der Waals surface area contributed by atoms with E-state index in [2.05, 4.69) is 31.1 Å². The number of pyridine rings is 1. The van der Waals surface area contributed by atoms with Crippen LogP contribution in [0.1, 0.15) is 23.7 Å². The van der Waals surface area contributed by atoms with Crippen LogP contribution in [0.15, 0.2) is 58.7 Å². The number of sulfonamides is 1. The van der Waals surface area contributed by atoms with Crippen molar-refractivity contribution in [1.82, 2.24) is 15.0 Å². The molecule has 1 unspecified atom stereocenters. The molecule has 3 rings (SSSR count). The summed E-state index contributed by atoms with van der Waals surface area (Å²) in [6, 6.07) is 11.3. The van der Waals surface area contributed by atoms with Gasteiger partial charge < -0.3 is 5.32 Å². The van der Waals surface area contributed by atoms with E-state index in [1.54, 1.807) is 13.0 Å². The van der Waals surface area contributed by atoms with Crippen LogP contribution in [0.5, 0.6) is 0 Å². The van der Waals surface area contributed by atoms with Crippen molar-refractivity contribution in [1.29, 1.82) is 5.26 Å². The number of anilines is 2. The molecule has 32 heavy (non-hydrogen) atoms. The molecule has 164 valence electrons. The topological polar surface area (TPSA) is 138 Å². The number of nitrogens with one attached hydrogen (secondary N) is 2. The minimum absolute atomic E-state index is 0.00322. The molecule has 0 saturated carbocycles. The van der Waals surface area contributed by atoms with Gasteiger partial charge in [-0.3, -0.25) is 4.79 Å². The van der Waals surface area contributed by atoms with Crippen molar-refractivity contribution in [3.8, 4) is 6.07 Å². The molecule has 2 N–H and O–H groups in total. The maximum Gasteiger partial charge on any atom is 0.264 e. The van der Waals surface area contributed by atoms with Gasteiger partial charge in [0.1, 0.15) is 11.1 Å². The number of carbonyl (C=O) groups excluding carboxylic acids is 1. The molecule has 0 fully saturated rings. The van der Waals surface area contributed by atoms with Gasteiger partial charge >= 0.3 is 0 Å². The van der Waals surface area contributed by atoms with Gasteiger partial charge in [0, 0.05) is 23.8 Å². The number of aromatic nitrogens is 3. The summed E-state index contributed by atoms with van der Waals surface area (Å²) in [4.78, 5) is 24.7. The highest BCUT2D eigenvalue weighted by Gasteiger charge is 2.20. The highest BCUT2D eigenvalue weighted by atomic mass is 32.2. The van der Waals surface area contributed by atoms with E-state index >= 15 is 0 Å². The number of thioether (sulfide) groups is 1. The van der Waals surface area contributed by atoms with Crippen LogP contribution in [-0.4, -0.2) is 34.5 Å². The Hall–Kier alpha value is -3.49. The van der Waals surface area contributed by atoms with Crippen LogP contribution < -0.4 is 10.0 Å². The van der Waals surface area contributed by atoms with E-state index < -0.39 is 15.3 Å². The number of nitriles is 1. The molecule has 2 aromatic heterocycles. The first-order valence-electron chi connectivity index (χ1n) is 9.45. The summed E-state index contributed by atoms with van der Waals surface area (Å²) in [7, 11) is -3.86. The molecule has 11 heteroatoms. The van der Waals surface area contributed by atoms with Crippen molar-refractivity contribution in [3.05, 3.63) is 65.6 Å². The summed E-state index contributed by atoms with van der Waals surface area (Å²) in [5.41, 5.74) is 2.46. The van der Waals surface area contributed by atoms with Crippen LogP contribution in [0.25, 0.3) is 0 Å². The molecule has 0 aliphatic heterocycles. The SMILES string of the molecule is Cc1cc(C)c(C#N)c(SC(C)C(=O)Nc2ccc(S(=O)(=O)Nc3ncccn3)cc2)n1. The van der Waals surface area contributed by atoms with Gasteiger partial charge in [0.15, 0.2) is 0 Å². The fourth-order valence-corrected chi connectivity index (χ4v) is 4.72. The van der Waals surface area contributed by atoms with Crippen LogP contribution in [0, 0.1) is 25.2 Å². The smallest absolute Gasteiger partial charge is 0.264 e. The van der Waals surface area contributed by atoms with Crippen molar-refractivity contribution in [2.24, 2.45) is 0 Å². The lowest BCUT2D eigenvalue weighted by atomic mass is 10.1. The van der Waals surface area contributed by atoms with E-state index in [0.717, 1.165) is 11.3 Å². The van der Waals surface area contributed by atoms with E-state index in [0.29, 0.717) is 16.3 Å². The standard InChI is InChI=1S/C21H20N6O3S2/c1-13-11-14(2)25-20(18(13)12-22)31-15(3)19(28)26-16-5-7-17(8-6-16)32(29,30)27-21-23-9-4-10-24-21/h4-11,15H,1-3H3,(H,26,28)(H,23,24,27). The Morgan fingerprint density at radius 3 is 2.44 bits per heavy atom. The number of nitrogens with zero attached hydrogens (tertiary/aromatic N) is 4. The zero-order valence-electron chi connectivity index (χ0n) is 17.5. The first-order chi connectivity index (χ1) is 15.2. The first-order valence-corrected chi connectivity index (χ1v) is 11.8. The number of amides is 1. The van der Waals surface area contributed by atoms with Crippen molar-refractivity contribution in [2.45, 2.75) is 35.9 Å². The molecule has 0 aliphatic carbocycles. The largest absolute Gasteiger partial charge is 0.325 e. The van der Waals surface area contributed by atoms with Gasteiger partial charge in [-0.15, -0.1) is 0 Å². The second-order valence-corrected chi connectivity index (χ2v) is 9.84. The Morgan fingerprint density at radius 2 is 1.81 bits per heavy atom. The summed E-state index contributed by atoms with van der Waals surface area (Å²) in [5.74, 6) is -0.335. The van der Waals surface area contributed by atoms with E-state index in [1.807, 2.05) is 19.9 Å². The van der Waals surface area contributed by atoms with E-state index in [4.69, 9.17) is 0 Å². The minimum atomic E-state index is -3.86. The zero-order chi connectivity index (χ0) is 23.3. The van der Waals surface area contributed by atoms with E-state index in [-0.39, 0.29) is 16.8 Å². The van der Waals surface area contributed by atoms with Crippen molar-refractivity contribution in [3.63, 3.8) is 0 Å². The van der Waals surface area contributed by atoms with Gasteiger partial charge in [0.25, 0.3) is 10.0 Å². The third-order valence-electron chi connectivity index (χ3n) is 4.30. The van der Waals surface area contributed by atoms with Crippen LogP contribution >= 0.6 is 11.8 Å². The molecule has 0 saturated heterocycles. The van der Waals surface area contributed by atoms with Gasteiger partial charge in [0.2, 0.25) is 11.9 Å². The Kier molecular flexibility index (Phi) is 7.07. The van der Waals surface area contributed by atoms with Crippen LogP contribution in [0.3, 0.4) is 0 Å². The normalized spacial score (nSPS) is 11.9. The predicted molar refractivity (Wildman–Crippen MR) is 122 cm³/mol. The molecule has 1 atom stereocenters. The number of carbonyl (C=O) groups is 1. The molecule has 3 aromatic rings. The average Bonchev–Trinajstić information content (AvgIpc) is 2.74. The molecule has 2 heterocycles. The Labute approximate surface area is 190 Å². The predicted octanol–water partition coefficient (Wildman–Crippen LogP) is 3.28. The molecular weight excluding hydrogens is 448 g/mol. The lowest BCUT2D eigenvalue weighted by Gasteiger charge is -2.14. The molecule has 0 radical (unpaired) electrons. The van der Waals surface area contributed by atoms with Crippen LogP contribution in [-0.2, 0) is 14.8 Å². The molecule has 0 aliphatic rings. The maximum absolute atomic E-state index is 12.6. The summed E-state index contributed by atoms with van der Waals surface area (Å²) in [6.07, 6.45) is 2.85. The van der Waals surface area contributed by atoms with Crippen molar-refractivity contribution in [2.75, 3.05) is 10.0 Å². The number of aryl methyl sites for hydroxylation is 2. The Bertz CT molecular complexity index is 1270. The number of hydrogen-bond donors (Lipinski definition) is 2. The summed E-state index contributed by atoms with van der Waals surface area (Å²) < 4.78 is 27.2. The zero-order valence-corrected chi connectivity index (χ0v) is 19.2. The third-order valence-corrected chi connectivity index (χ3v) is 6.73. The molecule has 1 aromatic carbocycles. The quantitative estimate of drug-likeness (QED) is 0.504. The minimum Gasteiger partial charge on any atom is -0.325 e. The molecule has 0 bridgehead atoms. The summed E-state index contributed by atoms with van der Waals surface area (Å²) >= 11 is 1.19. The highest BCUT2D eigenvalue weighted by Crippen LogP contribution is 2.28. The first kappa shape index (κ1) is 23.2. The van der Waals surface area contributed by atoms with Crippen molar-refractivity contribution >= 4 is 39.3 Å². The van der Waals surface area contributed by atoms with Crippen LogP contribution in [0.4, 0.5) is 11.6 Å². The third kappa shape index (κ3) is 5.60. The average molecular weight is 469 g/mol. The van der Waals surface area contributed by atoms with E-state index in [9.17, 15) is 18.5 Å². The van der Waals surface area contributed by atoms with Gasteiger partial charge in [-0.2, -0.15) is 5.26 Å². The second-order valence-electron chi connectivity index (χ2n) is 6.82. The Balaban J connectivity index is 1.68. The molecule has 9 nitrogen and oxygen atoms in total. The maximum atomic E-state index is 12.6. The second kappa shape index (κ2) is 9.76. The van der Waals surface area contributed by atoms with Gasteiger partial charge in [-0.05, 0) is 62.7 Å². The lowest BCUT2D eigenvalue weighted by Crippen LogP contribution is -2.23. The Morgan fingerprint density at radius 1 is 1.16 bits per heavy atom. The number of hydrogen-bond acceptors (Lipinski definition) is 8. The monoisotopic (exact) mass is 468 g/mol. The van der Waals surface area contributed by atoms with Crippen molar-refractivity contribution < 1.29 is 13.2 Å². The van der Waals surface area contributed by atoms with Crippen LogP contribution in [0.2, 0.25) is 0 Å². The fraction of sp³-hybridized carbons (Fsp3) is 0.190. The number of rotatable bonds is 7. The lowest BCUT2D eigenvalue weighted by molar-refractivity contribution is -0.115.